The molecule has 1 heterocycles. The third-order valence-electron chi connectivity index (χ3n) is 5.08. The second kappa shape index (κ2) is 7.30. The number of benzene rings is 2. The van der Waals surface area contributed by atoms with Crippen LogP contribution in [0.2, 0.25) is 5.02 Å². The fourth-order valence-corrected chi connectivity index (χ4v) is 3.99. The van der Waals surface area contributed by atoms with Crippen LogP contribution in [-0.2, 0) is 19.4 Å². The molecular weight excluding hydrogens is 378 g/mol. The van der Waals surface area contributed by atoms with Crippen LogP contribution in [0.3, 0.4) is 0 Å². The summed E-state index contributed by atoms with van der Waals surface area (Å²) in [5, 5.41) is 25.4. The topological polar surface area (TPSA) is 101 Å². The maximum atomic E-state index is 11.9. The van der Waals surface area contributed by atoms with Crippen LogP contribution in [0.1, 0.15) is 28.0 Å². The number of aromatic hydroxyl groups is 1. The van der Waals surface area contributed by atoms with Gasteiger partial charge in [0.25, 0.3) is 0 Å². The van der Waals surface area contributed by atoms with E-state index in [2.05, 4.69) is 5.10 Å². The number of fused-ring (bicyclic) bond motifs is 3. The molecule has 7 heteroatoms. The Hall–Kier alpha value is -2.83. The number of aromatic carboxylic acids is 1. The lowest BCUT2D eigenvalue weighted by atomic mass is 9.86. The van der Waals surface area contributed by atoms with Gasteiger partial charge in [-0.3, -0.25) is 4.68 Å². The molecule has 3 aromatic rings. The number of carboxylic acid groups (broad SMARTS) is 1. The standard InChI is InChI=1S/C21H20ClN3O3/c22-14-4-1-3-12(9-14)16-11-17-13(10-18(16)26)5-6-15-19(17)24-25(8-2-7-23)20(15)21(27)28/h1,3-4,9-11,26H,2,5-8,23H2,(H,27,28). The van der Waals surface area contributed by atoms with Crippen molar-refractivity contribution in [1.29, 1.82) is 0 Å². The molecule has 0 radical (unpaired) electrons. The summed E-state index contributed by atoms with van der Waals surface area (Å²) in [7, 11) is 0. The maximum Gasteiger partial charge on any atom is 0.354 e. The zero-order chi connectivity index (χ0) is 19.8. The van der Waals surface area contributed by atoms with Crippen molar-refractivity contribution in [1.82, 2.24) is 9.78 Å². The zero-order valence-corrected chi connectivity index (χ0v) is 15.9. The summed E-state index contributed by atoms with van der Waals surface area (Å²) >= 11 is 6.11. The number of carboxylic acids is 1. The molecule has 1 aliphatic carbocycles. The van der Waals surface area contributed by atoms with E-state index in [9.17, 15) is 15.0 Å². The van der Waals surface area contributed by atoms with Gasteiger partial charge in [0.15, 0.2) is 0 Å². The summed E-state index contributed by atoms with van der Waals surface area (Å²) in [5.41, 5.74) is 10.5. The van der Waals surface area contributed by atoms with E-state index in [0.29, 0.717) is 48.6 Å². The van der Waals surface area contributed by atoms with E-state index >= 15 is 0 Å². The Morgan fingerprint density at radius 1 is 1.21 bits per heavy atom. The van der Waals surface area contributed by atoms with Crippen LogP contribution in [0.25, 0.3) is 22.4 Å². The van der Waals surface area contributed by atoms with Crippen LogP contribution >= 0.6 is 11.6 Å². The highest BCUT2D eigenvalue weighted by Gasteiger charge is 2.29. The van der Waals surface area contributed by atoms with Gasteiger partial charge < -0.3 is 15.9 Å². The van der Waals surface area contributed by atoms with E-state index in [0.717, 1.165) is 22.3 Å². The normalized spacial score (nSPS) is 12.5. The Balaban J connectivity index is 1.88. The number of hydrogen-bond donors (Lipinski definition) is 3. The highest BCUT2D eigenvalue weighted by Crippen LogP contribution is 2.41. The highest BCUT2D eigenvalue weighted by molar-refractivity contribution is 6.30. The maximum absolute atomic E-state index is 11.9. The molecule has 2 aromatic carbocycles. The van der Waals surface area contributed by atoms with Crippen molar-refractivity contribution in [2.24, 2.45) is 5.73 Å². The molecular formula is C21H20ClN3O3. The number of rotatable bonds is 5. The van der Waals surface area contributed by atoms with Crippen LogP contribution < -0.4 is 5.73 Å². The summed E-state index contributed by atoms with van der Waals surface area (Å²) in [6, 6.07) is 10.9. The van der Waals surface area contributed by atoms with Crippen molar-refractivity contribution < 1.29 is 15.0 Å². The monoisotopic (exact) mass is 397 g/mol. The first kappa shape index (κ1) is 18.5. The zero-order valence-electron chi connectivity index (χ0n) is 15.2. The molecule has 1 aliphatic rings. The third-order valence-corrected chi connectivity index (χ3v) is 5.32. The first-order valence-corrected chi connectivity index (χ1v) is 9.52. The minimum Gasteiger partial charge on any atom is -0.507 e. The fraction of sp³-hybridized carbons (Fsp3) is 0.238. The van der Waals surface area contributed by atoms with Gasteiger partial charge in [0.1, 0.15) is 11.4 Å². The van der Waals surface area contributed by atoms with Crippen molar-refractivity contribution in [3.8, 4) is 28.1 Å². The van der Waals surface area contributed by atoms with E-state index in [1.54, 1.807) is 22.9 Å². The van der Waals surface area contributed by atoms with Crippen LogP contribution in [0.5, 0.6) is 5.75 Å². The molecule has 6 nitrogen and oxygen atoms in total. The average Bonchev–Trinajstić information content (AvgIpc) is 3.04. The lowest BCUT2D eigenvalue weighted by Gasteiger charge is -2.18. The first-order chi connectivity index (χ1) is 13.5. The molecule has 1 aromatic heterocycles. The molecule has 0 atom stereocenters. The summed E-state index contributed by atoms with van der Waals surface area (Å²) in [6.07, 6.45) is 1.87. The number of hydrogen-bond acceptors (Lipinski definition) is 4. The Kier molecular flexibility index (Phi) is 4.83. The van der Waals surface area contributed by atoms with Gasteiger partial charge in [-0.1, -0.05) is 23.7 Å². The lowest BCUT2D eigenvalue weighted by molar-refractivity contribution is 0.0681. The van der Waals surface area contributed by atoms with Gasteiger partial charge in [-0.2, -0.15) is 5.10 Å². The van der Waals surface area contributed by atoms with E-state index in [4.69, 9.17) is 17.3 Å². The largest absolute Gasteiger partial charge is 0.507 e. The molecule has 0 saturated carbocycles. The van der Waals surface area contributed by atoms with Gasteiger partial charge in [-0.15, -0.1) is 0 Å². The molecule has 0 spiro atoms. The molecule has 144 valence electrons. The summed E-state index contributed by atoms with van der Waals surface area (Å²) in [4.78, 5) is 11.9. The molecule has 0 saturated heterocycles. The SMILES string of the molecule is NCCCn1nc2c(c1C(=O)O)CCc1cc(O)c(-c3cccc(Cl)c3)cc1-2. The predicted octanol–water partition coefficient (Wildman–Crippen LogP) is 3.72. The van der Waals surface area contributed by atoms with Gasteiger partial charge in [0, 0.05) is 28.3 Å². The smallest absolute Gasteiger partial charge is 0.354 e. The van der Waals surface area contributed by atoms with E-state index in [1.165, 1.54) is 0 Å². The Labute approximate surface area is 167 Å². The molecule has 0 aliphatic heterocycles. The predicted molar refractivity (Wildman–Crippen MR) is 108 cm³/mol. The minimum absolute atomic E-state index is 0.172. The van der Waals surface area contributed by atoms with Crippen LogP contribution in [-0.4, -0.2) is 32.5 Å². The molecule has 0 amide bonds. The Morgan fingerprint density at radius 3 is 2.75 bits per heavy atom. The summed E-state index contributed by atoms with van der Waals surface area (Å²) < 4.78 is 1.54. The van der Waals surface area contributed by atoms with Crippen molar-refractivity contribution in [2.45, 2.75) is 25.8 Å². The second-order valence-electron chi connectivity index (χ2n) is 6.88. The molecule has 28 heavy (non-hydrogen) atoms. The van der Waals surface area contributed by atoms with Crippen molar-refractivity contribution >= 4 is 17.6 Å². The number of aryl methyl sites for hydroxylation is 2. The van der Waals surface area contributed by atoms with Crippen molar-refractivity contribution in [3.05, 3.63) is 58.2 Å². The quantitative estimate of drug-likeness (QED) is 0.609. The lowest BCUT2D eigenvalue weighted by Crippen LogP contribution is -2.14. The number of nitrogens with two attached hydrogens (primary N) is 1. The Bertz CT molecular complexity index is 1070. The molecule has 4 rings (SSSR count). The molecule has 4 N–H and O–H groups in total. The molecule has 0 unspecified atom stereocenters. The highest BCUT2D eigenvalue weighted by atomic mass is 35.5. The van der Waals surface area contributed by atoms with E-state index < -0.39 is 5.97 Å². The van der Waals surface area contributed by atoms with Crippen LogP contribution in [0, 0.1) is 0 Å². The van der Waals surface area contributed by atoms with Crippen molar-refractivity contribution in [2.75, 3.05) is 6.54 Å². The van der Waals surface area contributed by atoms with Gasteiger partial charge in [0.05, 0.1) is 5.69 Å². The summed E-state index contributed by atoms with van der Waals surface area (Å²) in [6.45, 7) is 0.923. The fourth-order valence-electron chi connectivity index (χ4n) is 3.80. The van der Waals surface area contributed by atoms with Gasteiger partial charge in [-0.25, -0.2) is 4.79 Å². The number of carbonyl (C=O) groups is 1. The van der Waals surface area contributed by atoms with Crippen LogP contribution in [0.15, 0.2) is 36.4 Å². The number of nitrogens with zero attached hydrogens (tertiary/aromatic N) is 2. The second-order valence-corrected chi connectivity index (χ2v) is 7.32. The number of phenolic OH excluding ortho intramolecular Hbond substituents is 1. The van der Waals surface area contributed by atoms with E-state index in [-0.39, 0.29) is 11.4 Å². The number of halogens is 1. The average molecular weight is 398 g/mol. The van der Waals surface area contributed by atoms with E-state index in [1.807, 2.05) is 18.2 Å². The minimum atomic E-state index is -0.983. The van der Waals surface area contributed by atoms with Gasteiger partial charge in [-0.05, 0) is 61.2 Å². The van der Waals surface area contributed by atoms with Crippen molar-refractivity contribution in [3.63, 3.8) is 0 Å². The summed E-state index contributed by atoms with van der Waals surface area (Å²) in [5.74, 6) is -0.812. The molecule has 0 fully saturated rings. The first-order valence-electron chi connectivity index (χ1n) is 9.15. The number of aromatic nitrogens is 2. The van der Waals surface area contributed by atoms with Gasteiger partial charge in [0.2, 0.25) is 0 Å². The van der Waals surface area contributed by atoms with Crippen LogP contribution in [0.4, 0.5) is 0 Å². The Morgan fingerprint density at radius 2 is 2.04 bits per heavy atom. The van der Waals surface area contributed by atoms with Gasteiger partial charge >= 0.3 is 5.97 Å². The number of phenols is 1. The third kappa shape index (κ3) is 3.15. The molecule has 0 bridgehead atoms.